The molecular formula is C24H19F4N5O6S2. The van der Waals surface area contributed by atoms with Crippen molar-refractivity contribution in [3.05, 3.63) is 72.0 Å². The molecule has 17 heteroatoms. The van der Waals surface area contributed by atoms with E-state index < -0.39 is 45.5 Å². The molecule has 0 spiro atoms. The lowest BCUT2D eigenvalue weighted by Crippen LogP contribution is -2.34. The van der Waals surface area contributed by atoms with E-state index in [4.69, 9.17) is 0 Å². The Morgan fingerprint density at radius 1 is 1.00 bits per heavy atom. The van der Waals surface area contributed by atoms with E-state index in [0.717, 1.165) is 23.2 Å². The summed E-state index contributed by atoms with van der Waals surface area (Å²) in [6.45, 7) is 0. The highest BCUT2D eigenvalue weighted by Crippen LogP contribution is 2.33. The Morgan fingerprint density at radius 3 is 2.32 bits per heavy atom. The number of hydrogen-bond donors (Lipinski definition) is 3. The maximum atomic E-state index is 13.9. The van der Waals surface area contributed by atoms with Gasteiger partial charge in [0.25, 0.3) is 10.1 Å². The highest BCUT2D eigenvalue weighted by atomic mass is 32.2. The third kappa shape index (κ3) is 7.65. The molecule has 11 nitrogen and oxygen atoms in total. The topological polar surface area (TPSA) is 143 Å². The minimum atomic E-state index is -4.70. The van der Waals surface area contributed by atoms with E-state index in [1.807, 2.05) is 0 Å². The summed E-state index contributed by atoms with van der Waals surface area (Å²) < 4.78 is 84.8. The van der Waals surface area contributed by atoms with E-state index in [9.17, 15) is 35.6 Å². The van der Waals surface area contributed by atoms with Crippen LogP contribution >= 0.6 is 11.8 Å². The fraction of sp³-hybridized carbons (Fsp3) is 0.125. The van der Waals surface area contributed by atoms with Crippen LogP contribution in [0.3, 0.4) is 0 Å². The largest absolute Gasteiger partial charge is 0.451 e. The van der Waals surface area contributed by atoms with Gasteiger partial charge in [-0.2, -0.15) is 21.6 Å². The fourth-order valence-corrected chi connectivity index (χ4v) is 4.59. The number of alkyl halides is 3. The number of anilines is 3. The SMILES string of the molecule is COC(=O)N(OS(C)(=O)=O)c1nc2ccc(Sc3ccc(NC(=O)Nc4cc(C(F)(F)F)ccc4F)cc3)cc2[nH]1. The monoisotopic (exact) mass is 613 g/mol. The Hall–Kier alpha value is -4.35. The quantitative estimate of drug-likeness (QED) is 0.171. The van der Waals surface area contributed by atoms with Crippen LogP contribution in [0.2, 0.25) is 0 Å². The van der Waals surface area contributed by atoms with E-state index in [0.29, 0.717) is 40.0 Å². The third-order valence-corrected chi connectivity index (χ3v) is 6.49. The van der Waals surface area contributed by atoms with Gasteiger partial charge >= 0.3 is 18.3 Å². The smallest absolute Gasteiger partial charge is 0.442 e. The summed E-state index contributed by atoms with van der Waals surface area (Å²) in [5.41, 5.74) is -0.588. The number of benzene rings is 3. The van der Waals surface area contributed by atoms with Gasteiger partial charge in [0.2, 0.25) is 5.95 Å². The Kier molecular flexibility index (Phi) is 8.41. The van der Waals surface area contributed by atoms with E-state index >= 15 is 0 Å². The molecule has 3 N–H and O–H groups in total. The van der Waals surface area contributed by atoms with Crippen LogP contribution in [0.1, 0.15) is 5.56 Å². The molecule has 0 aliphatic heterocycles. The van der Waals surface area contributed by atoms with Crippen LogP contribution in [0.15, 0.2) is 70.5 Å². The van der Waals surface area contributed by atoms with Gasteiger partial charge in [0.15, 0.2) is 0 Å². The molecule has 0 radical (unpaired) electrons. The van der Waals surface area contributed by atoms with Crippen LogP contribution in [0.25, 0.3) is 11.0 Å². The van der Waals surface area contributed by atoms with E-state index in [1.54, 1.807) is 30.3 Å². The maximum absolute atomic E-state index is 13.9. The number of H-pyrrole nitrogens is 1. The standard InChI is InChI=1S/C24H19F4N5O6S2/c1-38-23(35)33(39-41(2,36)37)21-30-18-10-8-16(12-20(18)31-21)40-15-6-4-14(5-7-15)29-22(34)32-19-11-13(24(26,27)28)3-9-17(19)25/h3-12H,1-2H3,(H,30,31)(H2,29,32,34). The highest BCUT2D eigenvalue weighted by Gasteiger charge is 2.31. The predicted molar refractivity (Wildman–Crippen MR) is 142 cm³/mol. The third-order valence-electron chi connectivity index (χ3n) is 5.07. The molecular weight excluding hydrogens is 594 g/mol. The van der Waals surface area contributed by atoms with Crippen molar-refractivity contribution < 1.29 is 44.6 Å². The first-order chi connectivity index (χ1) is 19.2. The first-order valence-corrected chi connectivity index (χ1v) is 13.9. The van der Waals surface area contributed by atoms with Gasteiger partial charge in [-0.1, -0.05) is 16.8 Å². The highest BCUT2D eigenvalue weighted by molar-refractivity contribution is 7.99. The zero-order valence-corrected chi connectivity index (χ0v) is 22.6. The van der Waals surface area contributed by atoms with Gasteiger partial charge in [0.05, 0.1) is 35.6 Å². The molecule has 3 aromatic carbocycles. The molecule has 0 atom stereocenters. The van der Waals surface area contributed by atoms with Crippen molar-refractivity contribution in [3.8, 4) is 0 Å². The molecule has 0 aliphatic carbocycles. The Morgan fingerprint density at radius 2 is 1.68 bits per heavy atom. The number of hydrogen-bond acceptors (Lipinski definition) is 8. The predicted octanol–water partition coefficient (Wildman–Crippen LogP) is 5.98. The lowest BCUT2D eigenvalue weighted by molar-refractivity contribution is -0.137. The van der Waals surface area contributed by atoms with Crippen molar-refractivity contribution in [2.45, 2.75) is 16.0 Å². The number of methoxy groups -OCH3 is 1. The number of rotatable bonds is 7. The summed E-state index contributed by atoms with van der Waals surface area (Å²) >= 11 is 1.31. The van der Waals surface area contributed by atoms with Crippen LogP contribution in [-0.4, -0.2) is 43.9 Å². The van der Waals surface area contributed by atoms with Crippen LogP contribution in [0.5, 0.6) is 0 Å². The Bertz CT molecular complexity index is 1710. The second-order valence-electron chi connectivity index (χ2n) is 8.18. The Labute approximate surface area is 233 Å². The number of ether oxygens (including phenoxy) is 1. The van der Waals surface area contributed by atoms with Gasteiger partial charge < -0.3 is 20.4 Å². The minimum Gasteiger partial charge on any atom is -0.451 e. The molecule has 0 saturated heterocycles. The van der Waals surface area contributed by atoms with Gasteiger partial charge in [0.1, 0.15) is 5.82 Å². The molecule has 0 unspecified atom stereocenters. The van der Waals surface area contributed by atoms with E-state index in [-0.39, 0.29) is 5.95 Å². The van der Waals surface area contributed by atoms with Gasteiger partial charge in [-0.25, -0.2) is 19.0 Å². The first-order valence-electron chi connectivity index (χ1n) is 11.2. The molecule has 0 fully saturated rings. The molecule has 216 valence electrons. The second-order valence-corrected chi connectivity index (χ2v) is 10.9. The number of carbonyl (C=O) groups excluding carboxylic acids is 2. The van der Waals surface area contributed by atoms with Crippen molar-refractivity contribution in [1.82, 2.24) is 9.97 Å². The summed E-state index contributed by atoms with van der Waals surface area (Å²) in [4.78, 5) is 32.6. The number of fused-ring (bicyclic) bond motifs is 1. The van der Waals surface area contributed by atoms with Crippen LogP contribution < -0.4 is 15.7 Å². The van der Waals surface area contributed by atoms with Crippen LogP contribution in [0, 0.1) is 5.82 Å². The van der Waals surface area contributed by atoms with E-state index in [1.165, 1.54) is 23.9 Å². The maximum Gasteiger partial charge on any atom is 0.442 e. The molecule has 4 rings (SSSR count). The molecule has 0 aliphatic rings. The first kappa shape index (κ1) is 29.6. The van der Waals surface area contributed by atoms with Crippen LogP contribution in [-0.2, 0) is 25.3 Å². The number of halogens is 4. The molecule has 4 aromatic rings. The summed E-state index contributed by atoms with van der Waals surface area (Å²) in [5, 5.41) is 4.84. The van der Waals surface area contributed by atoms with Crippen molar-refractivity contribution >= 4 is 62.4 Å². The normalized spacial score (nSPS) is 11.8. The molecule has 1 aromatic heterocycles. The number of aromatic nitrogens is 2. The number of imidazole rings is 1. The Balaban J connectivity index is 1.43. The van der Waals surface area contributed by atoms with Crippen molar-refractivity contribution in [1.29, 1.82) is 0 Å². The lowest BCUT2D eigenvalue weighted by atomic mass is 10.2. The average Bonchev–Trinajstić information content (AvgIpc) is 3.31. The van der Waals surface area contributed by atoms with Crippen molar-refractivity contribution in [2.24, 2.45) is 0 Å². The van der Waals surface area contributed by atoms with Crippen molar-refractivity contribution in [2.75, 3.05) is 29.1 Å². The fourth-order valence-electron chi connectivity index (χ4n) is 3.33. The number of nitrogens with one attached hydrogen (secondary N) is 3. The summed E-state index contributed by atoms with van der Waals surface area (Å²) in [7, 11) is -3.03. The lowest BCUT2D eigenvalue weighted by Gasteiger charge is -2.14. The zero-order valence-electron chi connectivity index (χ0n) is 20.9. The van der Waals surface area contributed by atoms with Gasteiger partial charge in [-0.15, -0.1) is 4.28 Å². The number of nitrogens with zero attached hydrogens (tertiary/aromatic N) is 2. The van der Waals surface area contributed by atoms with Crippen LogP contribution in [0.4, 0.5) is 44.5 Å². The molecule has 1 heterocycles. The van der Waals surface area contributed by atoms with Gasteiger partial charge in [-0.05, 0) is 60.7 Å². The molecule has 3 amide bonds. The van der Waals surface area contributed by atoms with E-state index in [2.05, 4.69) is 29.6 Å². The number of amides is 3. The number of urea groups is 1. The molecule has 0 bridgehead atoms. The zero-order chi connectivity index (χ0) is 29.9. The minimum absolute atomic E-state index is 0.224. The second kappa shape index (κ2) is 11.6. The number of carbonyl (C=O) groups is 2. The number of hydroxylamine groups is 1. The summed E-state index contributed by atoms with van der Waals surface area (Å²) in [6.07, 6.45) is -5.07. The average molecular weight is 614 g/mol. The molecule has 41 heavy (non-hydrogen) atoms. The van der Waals surface area contributed by atoms with Gasteiger partial charge in [-0.3, -0.25) is 0 Å². The number of aromatic amines is 1. The summed E-state index contributed by atoms with van der Waals surface area (Å²) in [6, 6.07) is 12.2. The van der Waals surface area contributed by atoms with Gasteiger partial charge in [0, 0.05) is 15.5 Å². The summed E-state index contributed by atoms with van der Waals surface area (Å²) in [5.74, 6) is -1.25. The molecule has 0 saturated carbocycles. The van der Waals surface area contributed by atoms with Crippen molar-refractivity contribution in [3.63, 3.8) is 0 Å².